The van der Waals surface area contributed by atoms with Crippen LogP contribution in [0.3, 0.4) is 0 Å². The summed E-state index contributed by atoms with van der Waals surface area (Å²) in [5.74, 6) is 0.589. The number of nitrogens with zero attached hydrogens (tertiary/aromatic N) is 3. The molecule has 3 aromatic heterocycles. The lowest BCUT2D eigenvalue weighted by Crippen LogP contribution is -2.29. The molecule has 0 unspecified atom stereocenters. The van der Waals surface area contributed by atoms with Crippen LogP contribution in [-0.2, 0) is 13.5 Å². The lowest BCUT2D eigenvalue weighted by molar-refractivity contribution is -0.643. The zero-order valence-corrected chi connectivity index (χ0v) is 22.0. The normalized spacial score (nSPS) is 12.5. The van der Waals surface area contributed by atoms with Crippen molar-refractivity contribution in [3.05, 3.63) is 78.0 Å². The van der Waals surface area contributed by atoms with Crippen molar-refractivity contribution in [1.82, 2.24) is 4.40 Å². The van der Waals surface area contributed by atoms with Gasteiger partial charge in [-0.1, -0.05) is 56.3 Å². The molecule has 178 valence electrons. The van der Waals surface area contributed by atoms with Gasteiger partial charge < -0.3 is 9.30 Å². The van der Waals surface area contributed by atoms with E-state index >= 15 is 0 Å². The molecular formula is C33H32N3+. The van der Waals surface area contributed by atoms with E-state index in [-0.39, 0.29) is 0 Å². The minimum absolute atomic E-state index is 0.589. The molecule has 0 saturated carbocycles. The van der Waals surface area contributed by atoms with E-state index in [9.17, 15) is 0 Å². The van der Waals surface area contributed by atoms with E-state index in [1.807, 2.05) is 0 Å². The molecule has 0 aliphatic rings. The van der Waals surface area contributed by atoms with Gasteiger partial charge >= 0.3 is 0 Å². The van der Waals surface area contributed by atoms with Crippen molar-refractivity contribution in [3.8, 4) is 0 Å². The van der Waals surface area contributed by atoms with Crippen LogP contribution in [0.2, 0.25) is 0 Å². The van der Waals surface area contributed by atoms with E-state index in [0.717, 1.165) is 6.42 Å². The van der Waals surface area contributed by atoms with Crippen LogP contribution in [-0.4, -0.2) is 18.5 Å². The van der Waals surface area contributed by atoms with Crippen molar-refractivity contribution in [1.29, 1.82) is 0 Å². The number of fused-ring (bicyclic) bond motifs is 7. The second-order valence-electron chi connectivity index (χ2n) is 11.1. The molecule has 3 nitrogen and oxygen atoms in total. The maximum Gasteiger partial charge on any atom is 0.224 e. The maximum absolute atomic E-state index is 2.59. The van der Waals surface area contributed by atoms with E-state index in [1.54, 1.807) is 0 Å². The van der Waals surface area contributed by atoms with Crippen LogP contribution in [0.4, 0.5) is 5.69 Å². The molecule has 0 saturated heterocycles. The first kappa shape index (κ1) is 21.4. The molecule has 0 aliphatic heterocycles. The van der Waals surface area contributed by atoms with Crippen LogP contribution in [0.5, 0.6) is 0 Å². The van der Waals surface area contributed by atoms with Crippen molar-refractivity contribution in [2.45, 2.75) is 27.2 Å². The van der Waals surface area contributed by atoms with Gasteiger partial charge in [0.25, 0.3) is 0 Å². The Morgan fingerprint density at radius 2 is 1.53 bits per heavy atom. The van der Waals surface area contributed by atoms with E-state index in [4.69, 9.17) is 0 Å². The molecule has 3 heterocycles. The first-order chi connectivity index (χ1) is 17.4. The third-order valence-corrected chi connectivity index (χ3v) is 8.08. The molecule has 0 atom stereocenters. The van der Waals surface area contributed by atoms with E-state index < -0.39 is 0 Å². The molecule has 0 bridgehead atoms. The van der Waals surface area contributed by atoms with Gasteiger partial charge in [0.05, 0.1) is 33.0 Å². The lowest BCUT2D eigenvalue weighted by atomic mass is 9.91. The van der Waals surface area contributed by atoms with Crippen LogP contribution in [0, 0.1) is 12.8 Å². The largest absolute Gasteiger partial charge is 0.375 e. The first-order valence-electron chi connectivity index (χ1n) is 13.0. The Morgan fingerprint density at radius 3 is 2.25 bits per heavy atom. The fraction of sp³-hybridized carbons (Fsp3) is 0.242. The highest BCUT2D eigenvalue weighted by molar-refractivity contribution is 6.31. The molecule has 0 amide bonds. The molecule has 4 aromatic carbocycles. The van der Waals surface area contributed by atoms with Crippen molar-refractivity contribution in [2.24, 2.45) is 13.0 Å². The average molecular weight is 471 g/mol. The van der Waals surface area contributed by atoms with Gasteiger partial charge in [-0.05, 0) is 53.3 Å². The van der Waals surface area contributed by atoms with Crippen LogP contribution in [0.15, 0.2) is 66.9 Å². The van der Waals surface area contributed by atoms with Crippen LogP contribution in [0.25, 0.3) is 59.8 Å². The number of aryl methyl sites for hydroxylation is 2. The Kier molecular flexibility index (Phi) is 4.36. The number of hydrogen-bond acceptors (Lipinski definition) is 1. The second kappa shape index (κ2) is 7.33. The van der Waals surface area contributed by atoms with Gasteiger partial charge in [-0.25, -0.2) is 4.57 Å². The van der Waals surface area contributed by atoms with Crippen molar-refractivity contribution in [2.75, 3.05) is 19.0 Å². The zero-order valence-electron chi connectivity index (χ0n) is 22.0. The van der Waals surface area contributed by atoms with Gasteiger partial charge in [0.2, 0.25) is 5.52 Å². The van der Waals surface area contributed by atoms with Gasteiger partial charge in [0, 0.05) is 36.3 Å². The monoisotopic (exact) mass is 470 g/mol. The minimum Gasteiger partial charge on any atom is -0.375 e. The fourth-order valence-electron chi connectivity index (χ4n) is 6.76. The second-order valence-corrected chi connectivity index (χ2v) is 11.1. The Bertz CT molecular complexity index is 1990. The van der Waals surface area contributed by atoms with Crippen LogP contribution < -0.4 is 9.47 Å². The highest BCUT2D eigenvalue weighted by Gasteiger charge is 2.28. The number of para-hydroxylation sites is 1. The molecule has 0 N–H and O–H groups in total. The summed E-state index contributed by atoms with van der Waals surface area (Å²) >= 11 is 0. The average Bonchev–Trinajstić information content (AvgIpc) is 3.20. The van der Waals surface area contributed by atoms with Gasteiger partial charge in [0.1, 0.15) is 7.05 Å². The van der Waals surface area contributed by atoms with E-state index in [2.05, 4.69) is 123 Å². The Labute approximate surface area is 211 Å². The summed E-state index contributed by atoms with van der Waals surface area (Å²) in [6, 6.07) is 22.7. The highest BCUT2D eigenvalue weighted by atomic mass is 15.1. The van der Waals surface area contributed by atoms with E-state index in [1.165, 1.54) is 76.6 Å². The lowest BCUT2D eigenvalue weighted by Gasteiger charge is -2.23. The van der Waals surface area contributed by atoms with Crippen LogP contribution in [0.1, 0.15) is 25.0 Å². The zero-order chi connectivity index (χ0) is 24.9. The molecule has 36 heavy (non-hydrogen) atoms. The molecular weight excluding hydrogens is 438 g/mol. The summed E-state index contributed by atoms with van der Waals surface area (Å²) in [5, 5.41) is 9.45. The molecule has 3 heteroatoms. The number of pyridine rings is 2. The van der Waals surface area contributed by atoms with Crippen molar-refractivity contribution in [3.63, 3.8) is 0 Å². The number of aromatic nitrogens is 2. The highest BCUT2D eigenvalue weighted by Crippen LogP contribution is 2.47. The third kappa shape index (κ3) is 2.61. The first-order valence-corrected chi connectivity index (χ1v) is 13.0. The summed E-state index contributed by atoms with van der Waals surface area (Å²) in [6.07, 6.45) is 3.32. The fourth-order valence-corrected chi connectivity index (χ4v) is 6.76. The van der Waals surface area contributed by atoms with Gasteiger partial charge in [-0.3, -0.25) is 0 Å². The minimum atomic E-state index is 0.589. The topological polar surface area (TPSA) is 11.5 Å². The van der Waals surface area contributed by atoms with Gasteiger partial charge in [0.15, 0.2) is 6.20 Å². The van der Waals surface area contributed by atoms with Crippen molar-refractivity contribution >= 4 is 65.5 Å². The number of anilines is 1. The summed E-state index contributed by atoms with van der Waals surface area (Å²) in [5.41, 5.74) is 9.37. The predicted octanol–water partition coefficient (Wildman–Crippen LogP) is 7.54. The quantitative estimate of drug-likeness (QED) is 0.147. The van der Waals surface area contributed by atoms with Crippen molar-refractivity contribution < 1.29 is 4.57 Å². The summed E-state index contributed by atoms with van der Waals surface area (Å²) in [7, 11) is 6.58. The summed E-state index contributed by atoms with van der Waals surface area (Å²) < 4.78 is 4.93. The molecule has 7 aromatic rings. The Morgan fingerprint density at radius 1 is 0.833 bits per heavy atom. The van der Waals surface area contributed by atoms with Gasteiger partial charge in [-0.2, -0.15) is 0 Å². The summed E-state index contributed by atoms with van der Waals surface area (Å²) in [4.78, 5) is 2.31. The van der Waals surface area contributed by atoms with E-state index in [0.29, 0.717) is 5.92 Å². The molecule has 7 rings (SSSR count). The maximum atomic E-state index is 2.59. The summed E-state index contributed by atoms with van der Waals surface area (Å²) in [6.45, 7) is 6.96. The number of hydrogen-bond donors (Lipinski definition) is 0. The molecule has 0 spiro atoms. The standard InChI is InChI=1S/C33H32N3/c1-19(2)17-22-18-21-15-16-35(6)31-27-20(3)23-11-7-8-12-24(23)30(34(4)5)33(27)36-26-14-10-9-13-25(26)28(22)32(36)29(21)31/h7-16,18-19H,17H2,1-6H3/q+1. The smallest absolute Gasteiger partial charge is 0.224 e. The number of benzene rings is 4. The van der Waals surface area contributed by atoms with Gasteiger partial charge in [-0.15, -0.1) is 0 Å². The Hall–Kier alpha value is -3.85. The molecule has 0 aliphatic carbocycles. The van der Waals surface area contributed by atoms with Crippen LogP contribution >= 0.6 is 0 Å². The SMILES string of the molecule is Cc1c2ccccc2c(N(C)C)c2c1c1c3c(cc[n+]1C)cc(CC(C)C)c1c4ccccc4n2c13. The molecule has 0 radical (unpaired) electrons. The predicted molar refractivity (Wildman–Crippen MR) is 155 cm³/mol. The molecule has 0 fully saturated rings. The number of rotatable bonds is 3. The third-order valence-electron chi connectivity index (χ3n) is 8.08. The Balaban J connectivity index is 1.95.